The highest BCUT2D eigenvalue weighted by Gasteiger charge is 2.28. The first-order chi connectivity index (χ1) is 18.0. The molecule has 196 valence electrons. The Balaban J connectivity index is 0.000000747. The molecule has 0 saturated carbocycles. The number of carbonyl (C=O) groups is 1. The molecule has 2 aliphatic rings. The van der Waals surface area contributed by atoms with Crippen molar-refractivity contribution in [3.05, 3.63) is 60.3 Å². The van der Waals surface area contributed by atoms with Crippen LogP contribution in [0, 0.1) is 0 Å². The highest BCUT2D eigenvalue weighted by Crippen LogP contribution is 2.36. The second kappa shape index (κ2) is 12.0. The molecule has 37 heavy (non-hydrogen) atoms. The molecule has 0 spiro atoms. The fourth-order valence-corrected chi connectivity index (χ4v) is 4.75. The van der Waals surface area contributed by atoms with E-state index in [0.29, 0.717) is 38.7 Å². The van der Waals surface area contributed by atoms with Crippen molar-refractivity contribution in [1.29, 1.82) is 0 Å². The van der Waals surface area contributed by atoms with Crippen LogP contribution >= 0.6 is 0 Å². The SMILES string of the molecule is C=CC(=O)N1CCN(c2nc(OC)nc3c2CCN(c2cc(O)cc4ccccc24)C3)CC1.CCCC. The zero-order chi connectivity index (χ0) is 26.4. The second-order valence-corrected chi connectivity index (χ2v) is 9.33. The smallest absolute Gasteiger partial charge is 0.318 e. The number of rotatable bonds is 5. The quantitative estimate of drug-likeness (QED) is 0.512. The van der Waals surface area contributed by atoms with Gasteiger partial charge in [0, 0.05) is 55.4 Å². The minimum absolute atomic E-state index is 0.0362. The third-order valence-corrected chi connectivity index (χ3v) is 6.94. The van der Waals surface area contributed by atoms with Crippen molar-refractivity contribution in [2.75, 3.05) is 49.6 Å². The van der Waals surface area contributed by atoms with Gasteiger partial charge in [0.05, 0.1) is 19.3 Å². The molecule has 0 bridgehead atoms. The van der Waals surface area contributed by atoms with E-state index in [4.69, 9.17) is 9.72 Å². The first-order valence-electron chi connectivity index (χ1n) is 13.1. The lowest BCUT2D eigenvalue weighted by atomic mass is 10.0. The molecule has 0 radical (unpaired) electrons. The Hall–Kier alpha value is -3.81. The number of unbranched alkanes of at least 4 members (excludes halogenated alkanes) is 1. The minimum Gasteiger partial charge on any atom is -0.508 e. The van der Waals surface area contributed by atoms with E-state index in [0.717, 1.165) is 46.5 Å². The number of amides is 1. The van der Waals surface area contributed by atoms with E-state index in [1.807, 2.05) is 29.2 Å². The van der Waals surface area contributed by atoms with Crippen molar-refractivity contribution >= 4 is 28.2 Å². The van der Waals surface area contributed by atoms with E-state index in [-0.39, 0.29) is 11.7 Å². The monoisotopic (exact) mass is 503 g/mol. The summed E-state index contributed by atoms with van der Waals surface area (Å²) in [6.45, 7) is 12.0. The van der Waals surface area contributed by atoms with Crippen molar-refractivity contribution in [1.82, 2.24) is 14.9 Å². The van der Waals surface area contributed by atoms with Crippen molar-refractivity contribution in [3.63, 3.8) is 0 Å². The van der Waals surface area contributed by atoms with Crippen LogP contribution < -0.4 is 14.5 Å². The van der Waals surface area contributed by atoms with Gasteiger partial charge in [-0.15, -0.1) is 0 Å². The molecule has 2 aliphatic heterocycles. The Kier molecular flexibility index (Phi) is 8.48. The van der Waals surface area contributed by atoms with Gasteiger partial charge >= 0.3 is 6.01 Å². The van der Waals surface area contributed by atoms with Gasteiger partial charge in [-0.25, -0.2) is 0 Å². The van der Waals surface area contributed by atoms with E-state index in [9.17, 15) is 9.90 Å². The molecule has 1 saturated heterocycles. The molecule has 0 unspecified atom stereocenters. The maximum atomic E-state index is 12.0. The molecular formula is C29H37N5O3. The number of aromatic nitrogens is 2. The maximum Gasteiger partial charge on any atom is 0.318 e. The third kappa shape index (κ3) is 5.79. The molecule has 5 rings (SSSR count). The maximum absolute atomic E-state index is 12.0. The summed E-state index contributed by atoms with van der Waals surface area (Å²) in [5.74, 6) is 1.11. The third-order valence-electron chi connectivity index (χ3n) is 6.94. The van der Waals surface area contributed by atoms with E-state index < -0.39 is 0 Å². The Morgan fingerprint density at radius 1 is 1.05 bits per heavy atom. The predicted octanol–water partition coefficient (Wildman–Crippen LogP) is 4.55. The fraction of sp³-hybridized carbons (Fsp3) is 0.414. The van der Waals surface area contributed by atoms with Crippen LogP contribution in [0.5, 0.6) is 11.8 Å². The number of ether oxygens (including phenoxy) is 1. The van der Waals surface area contributed by atoms with Gasteiger partial charge in [-0.05, 0) is 23.9 Å². The summed E-state index contributed by atoms with van der Waals surface area (Å²) in [5.41, 5.74) is 3.05. The van der Waals surface area contributed by atoms with Gasteiger partial charge in [-0.3, -0.25) is 4.79 Å². The first kappa shape index (κ1) is 26.3. The van der Waals surface area contributed by atoms with Crippen LogP contribution in [0.25, 0.3) is 10.8 Å². The van der Waals surface area contributed by atoms with Gasteiger partial charge in [0.25, 0.3) is 0 Å². The van der Waals surface area contributed by atoms with E-state index in [1.54, 1.807) is 13.2 Å². The van der Waals surface area contributed by atoms with Gasteiger partial charge in [0.15, 0.2) is 0 Å². The summed E-state index contributed by atoms with van der Waals surface area (Å²) < 4.78 is 5.43. The van der Waals surface area contributed by atoms with E-state index in [2.05, 4.69) is 41.3 Å². The number of hydrogen-bond acceptors (Lipinski definition) is 7. The summed E-state index contributed by atoms with van der Waals surface area (Å²) in [6, 6.07) is 12.0. The molecule has 8 heteroatoms. The lowest BCUT2D eigenvalue weighted by Crippen LogP contribution is -2.49. The topological polar surface area (TPSA) is 82.0 Å². The number of aromatic hydroxyl groups is 1. The largest absolute Gasteiger partial charge is 0.508 e. The standard InChI is InChI=1S/C25H27N5O3.C4H10/c1-3-23(32)28-10-12-29(13-11-28)24-20-8-9-30(16-21(20)26-25(27-24)33-2)22-15-18(31)14-17-6-4-5-7-19(17)22;1-3-4-2/h3-7,14-15,31H,1,8-13,16H2,2H3;3-4H2,1-2H3. The first-order valence-corrected chi connectivity index (χ1v) is 13.1. The van der Waals surface area contributed by atoms with Gasteiger partial charge in [-0.2, -0.15) is 9.97 Å². The van der Waals surface area contributed by atoms with Crippen LogP contribution in [0.2, 0.25) is 0 Å². The minimum atomic E-state index is -0.0362. The zero-order valence-corrected chi connectivity index (χ0v) is 22.1. The van der Waals surface area contributed by atoms with Crippen LogP contribution in [-0.2, 0) is 17.8 Å². The molecule has 3 aromatic rings. The highest BCUT2D eigenvalue weighted by atomic mass is 16.5. The number of hydrogen-bond donors (Lipinski definition) is 1. The fourth-order valence-electron chi connectivity index (χ4n) is 4.75. The van der Waals surface area contributed by atoms with Crippen LogP contribution in [0.4, 0.5) is 11.5 Å². The number of piperazine rings is 1. The summed E-state index contributed by atoms with van der Waals surface area (Å²) in [5, 5.41) is 12.4. The number of nitrogens with zero attached hydrogens (tertiary/aromatic N) is 5. The second-order valence-electron chi connectivity index (χ2n) is 9.33. The summed E-state index contributed by atoms with van der Waals surface area (Å²) in [4.78, 5) is 27.6. The van der Waals surface area contributed by atoms with Crippen molar-refractivity contribution in [2.24, 2.45) is 0 Å². The predicted molar refractivity (Wildman–Crippen MR) is 149 cm³/mol. The highest BCUT2D eigenvalue weighted by molar-refractivity contribution is 5.95. The molecule has 1 amide bonds. The van der Waals surface area contributed by atoms with Gasteiger partial charge in [0.2, 0.25) is 5.91 Å². The van der Waals surface area contributed by atoms with Crippen molar-refractivity contribution < 1.29 is 14.6 Å². The molecule has 0 aliphatic carbocycles. The molecule has 0 atom stereocenters. The van der Waals surface area contributed by atoms with Crippen LogP contribution in [0.3, 0.4) is 0 Å². The van der Waals surface area contributed by atoms with E-state index in [1.165, 1.54) is 18.9 Å². The molecule has 2 aromatic carbocycles. The van der Waals surface area contributed by atoms with Crippen LogP contribution in [-0.4, -0.2) is 65.7 Å². The molecular weight excluding hydrogens is 466 g/mol. The number of benzene rings is 2. The Bertz CT molecular complexity index is 1250. The Morgan fingerprint density at radius 2 is 1.78 bits per heavy atom. The van der Waals surface area contributed by atoms with Crippen molar-refractivity contribution in [2.45, 2.75) is 39.7 Å². The average molecular weight is 504 g/mol. The number of phenolic OH excluding ortho intramolecular Hbond substituents is 1. The summed E-state index contributed by atoms with van der Waals surface area (Å²) in [7, 11) is 1.58. The number of phenols is 1. The van der Waals surface area contributed by atoms with E-state index >= 15 is 0 Å². The zero-order valence-electron chi connectivity index (χ0n) is 22.1. The molecule has 8 nitrogen and oxygen atoms in total. The van der Waals surface area contributed by atoms with Crippen molar-refractivity contribution in [3.8, 4) is 11.8 Å². The summed E-state index contributed by atoms with van der Waals surface area (Å²) in [6.07, 6.45) is 4.79. The van der Waals surface area contributed by atoms with Gasteiger partial charge in [-0.1, -0.05) is 57.5 Å². The van der Waals surface area contributed by atoms with Crippen LogP contribution in [0.1, 0.15) is 37.9 Å². The normalized spacial score (nSPS) is 15.1. The number of methoxy groups -OCH3 is 1. The Morgan fingerprint density at radius 3 is 2.46 bits per heavy atom. The van der Waals surface area contributed by atoms with Gasteiger partial charge in [0.1, 0.15) is 11.6 Å². The average Bonchev–Trinajstić information content (AvgIpc) is 2.95. The number of anilines is 2. The molecule has 1 fully saturated rings. The number of carbonyl (C=O) groups excluding carboxylic acids is 1. The number of fused-ring (bicyclic) bond motifs is 2. The lowest BCUT2D eigenvalue weighted by Gasteiger charge is -2.38. The molecule has 3 heterocycles. The Labute approximate surface area is 219 Å². The molecule has 1 aromatic heterocycles. The van der Waals surface area contributed by atoms with Crippen LogP contribution in [0.15, 0.2) is 49.1 Å². The lowest BCUT2D eigenvalue weighted by molar-refractivity contribution is -0.126. The van der Waals surface area contributed by atoms with Gasteiger partial charge < -0.3 is 24.5 Å². The summed E-state index contributed by atoms with van der Waals surface area (Å²) >= 11 is 0. The molecule has 1 N–H and O–H groups in total.